The van der Waals surface area contributed by atoms with Crippen LogP contribution in [-0.2, 0) is 0 Å². The molecule has 0 N–H and O–H groups in total. The van der Waals surface area contributed by atoms with Gasteiger partial charge >= 0.3 is 0 Å². The molecule has 1 amide bonds. The number of carbonyl (C=O) groups is 1. The van der Waals surface area contributed by atoms with Gasteiger partial charge in [-0.25, -0.2) is 14.6 Å². The predicted molar refractivity (Wildman–Crippen MR) is 119 cm³/mol. The highest BCUT2D eigenvalue weighted by Gasteiger charge is 2.31. The van der Waals surface area contributed by atoms with Gasteiger partial charge in [0.2, 0.25) is 0 Å². The molecule has 4 rings (SSSR count). The van der Waals surface area contributed by atoms with Crippen LogP contribution in [0.4, 0.5) is 0 Å². The van der Waals surface area contributed by atoms with Crippen molar-refractivity contribution in [3.63, 3.8) is 0 Å². The fraction of sp³-hybridized carbons (Fsp3) is 0.455. The third-order valence-corrected chi connectivity index (χ3v) is 6.80. The van der Waals surface area contributed by atoms with Gasteiger partial charge in [-0.3, -0.25) is 9.69 Å². The highest BCUT2D eigenvalue weighted by Crippen LogP contribution is 2.26. The smallest absolute Gasteiger partial charge is 0.257 e. The summed E-state index contributed by atoms with van der Waals surface area (Å²) >= 11 is 1.65. The molecular formula is C22H28N6OS. The topological polar surface area (TPSA) is 67.2 Å². The van der Waals surface area contributed by atoms with E-state index in [1.807, 2.05) is 42.5 Å². The van der Waals surface area contributed by atoms with Crippen LogP contribution in [0, 0.1) is 13.8 Å². The minimum absolute atomic E-state index is 0.0407. The third kappa shape index (κ3) is 3.77. The van der Waals surface area contributed by atoms with Gasteiger partial charge in [0.25, 0.3) is 11.9 Å². The summed E-state index contributed by atoms with van der Waals surface area (Å²) < 4.78 is 1.67. The van der Waals surface area contributed by atoms with Crippen molar-refractivity contribution in [2.75, 3.05) is 26.2 Å². The molecule has 1 aliphatic heterocycles. The maximum absolute atomic E-state index is 13.2. The first-order valence-electron chi connectivity index (χ1n) is 10.5. The Kier molecular flexibility index (Phi) is 5.97. The predicted octanol–water partition coefficient (Wildman–Crippen LogP) is 3.56. The molecule has 0 aromatic carbocycles. The van der Waals surface area contributed by atoms with Gasteiger partial charge in [0.15, 0.2) is 0 Å². The Morgan fingerprint density at radius 3 is 2.77 bits per heavy atom. The second kappa shape index (κ2) is 8.65. The number of nitrogens with zero attached hydrogens (tertiary/aromatic N) is 6. The van der Waals surface area contributed by atoms with Crippen LogP contribution in [0.25, 0.3) is 16.5 Å². The highest BCUT2D eigenvalue weighted by atomic mass is 32.1. The molecule has 158 valence electrons. The molecule has 0 saturated carbocycles. The Bertz CT molecular complexity index is 1020. The molecule has 0 aliphatic carbocycles. The van der Waals surface area contributed by atoms with E-state index in [1.165, 1.54) is 0 Å². The summed E-state index contributed by atoms with van der Waals surface area (Å²) in [5, 5.41) is 6.49. The molecule has 0 bridgehead atoms. The summed E-state index contributed by atoms with van der Waals surface area (Å²) in [5.41, 5.74) is 3.31. The molecule has 1 aliphatic rings. The molecule has 0 unspecified atom stereocenters. The average Bonchev–Trinajstić information content (AvgIpc) is 3.50. The van der Waals surface area contributed by atoms with E-state index in [0.717, 1.165) is 54.4 Å². The SMILES string of the molecule is CCN(CC)[C@H]1CCN(C(=O)c2cnn(-c3ncc(C)c(-c4cccs4)n3)c2C)C1. The van der Waals surface area contributed by atoms with Crippen LogP contribution in [-0.4, -0.2) is 67.7 Å². The molecule has 1 fully saturated rings. The largest absolute Gasteiger partial charge is 0.337 e. The van der Waals surface area contributed by atoms with E-state index in [4.69, 9.17) is 4.98 Å². The number of likely N-dealkylation sites (N-methyl/N-ethyl adjacent to an activating group) is 1. The van der Waals surface area contributed by atoms with Crippen molar-refractivity contribution in [3.8, 4) is 16.5 Å². The quantitative estimate of drug-likeness (QED) is 0.605. The average molecular weight is 425 g/mol. The van der Waals surface area contributed by atoms with Gasteiger partial charge < -0.3 is 4.90 Å². The summed E-state index contributed by atoms with van der Waals surface area (Å²) in [6, 6.07) is 4.50. The van der Waals surface area contributed by atoms with E-state index in [9.17, 15) is 4.79 Å². The van der Waals surface area contributed by atoms with Gasteiger partial charge in [-0.2, -0.15) is 5.10 Å². The zero-order valence-electron chi connectivity index (χ0n) is 18.0. The lowest BCUT2D eigenvalue weighted by atomic mass is 10.2. The van der Waals surface area contributed by atoms with Gasteiger partial charge in [0.05, 0.1) is 28.0 Å². The number of likely N-dealkylation sites (tertiary alicyclic amines) is 1. The number of aryl methyl sites for hydroxylation is 1. The van der Waals surface area contributed by atoms with E-state index >= 15 is 0 Å². The Hall–Kier alpha value is -2.58. The fourth-order valence-corrected chi connectivity index (χ4v) is 4.93. The van der Waals surface area contributed by atoms with Crippen molar-refractivity contribution in [2.45, 2.75) is 40.2 Å². The monoisotopic (exact) mass is 424 g/mol. The first-order chi connectivity index (χ1) is 14.5. The summed E-state index contributed by atoms with van der Waals surface area (Å²) in [7, 11) is 0. The number of carbonyl (C=O) groups excluding carboxylic acids is 1. The van der Waals surface area contributed by atoms with Crippen molar-refractivity contribution in [2.24, 2.45) is 0 Å². The van der Waals surface area contributed by atoms with Gasteiger partial charge in [0.1, 0.15) is 0 Å². The van der Waals surface area contributed by atoms with Crippen molar-refractivity contribution in [1.82, 2.24) is 29.5 Å². The van der Waals surface area contributed by atoms with Crippen LogP contribution in [0.3, 0.4) is 0 Å². The van der Waals surface area contributed by atoms with E-state index in [1.54, 1.807) is 22.2 Å². The van der Waals surface area contributed by atoms with Crippen LogP contribution in [0.1, 0.15) is 41.9 Å². The number of hydrogen-bond donors (Lipinski definition) is 0. The molecule has 4 heterocycles. The second-order valence-electron chi connectivity index (χ2n) is 7.65. The molecule has 8 heteroatoms. The van der Waals surface area contributed by atoms with Crippen LogP contribution in [0.15, 0.2) is 29.9 Å². The summed E-state index contributed by atoms with van der Waals surface area (Å²) in [6.07, 6.45) is 4.48. The number of amides is 1. The molecule has 1 saturated heterocycles. The van der Waals surface area contributed by atoms with Crippen molar-refractivity contribution >= 4 is 17.2 Å². The van der Waals surface area contributed by atoms with E-state index in [0.29, 0.717) is 17.6 Å². The van der Waals surface area contributed by atoms with Crippen molar-refractivity contribution in [1.29, 1.82) is 0 Å². The molecule has 3 aromatic rings. The standard InChI is InChI=1S/C22H28N6OS/c1-5-26(6-2)17-9-10-27(14-17)21(29)18-13-24-28(16(18)4)22-23-12-15(3)20(25-22)19-8-7-11-30-19/h7-8,11-13,17H,5-6,9-10,14H2,1-4H3/t17-/m0/s1. The fourth-order valence-electron chi connectivity index (χ4n) is 4.15. The molecule has 0 spiro atoms. The molecule has 3 aromatic heterocycles. The van der Waals surface area contributed by atoms with E-state index < -0.39 is 0 Å². The number of aromatic nitrogens is 4. The van der Waals surface area contributed by atoms with E-state index in [-0.39, 0.29) is 5.91 Å². The van der Waals surface area contributed by atoms with Gasteiger partial charge in [-0.1, -0.05) is 19.9 Å². The normalized spacial score (nSPS) is 16.6. The Balaban J connectivity index is 1.58. The Morgan fingerprint density at radius 1 is 1.27 bits per heavy atom. The van der Waals surface area contributed by atoms with Crippen LogP contribution in [0.5, 0.6) is 0 Å². The van der Waals surface area contributed by atoms with Crippen molar-refractivity contribution < 1.29 is 4.79 Å². The van der Waals surface area contributed by atoms with Crippen LogP contribution >= 0.6 is 11.3 Å². The second-order valence-corrected chi connectivity index (χ2v) is 8.60. The number of hydrogen-bond acceptors (Lipinski definition) is 6. The van der Waals surface area contributed by atoms with Crippen molar-refractivity contribution in [3.05, 3.63) is 46.7 Å². The van der Waals surface area contributed by atoms with Gasteiger partial charge in [-0.05, 0) is 50.4 Å². The maximum atomic E-state index is 13.2. The lowest BCUT2D eigenvalue weighted by Gasteiger charge is -2.26. The van der Waals surface area contributed by atoms with Crippen LogP contribution in [0.2, 0.25) is 0 Å². The number of thiophene rings is 1. The molecular weight excluding hydrogens is 396 g/mol. The first-order valence-corrected chi connectivity index (χ1v) is 11.4. The third-order valence-electron chi connectivity index (χ3n) is 5.92. The Morgan fingerprint density at radius 2 is 2.07 bits per heavy atom. The lowest BCUT2D eigenvalue weighted by Crippen LogP contribution is -2.38. The highest BCUT2D eigenvalue weighted by molar-refractivity contribution is 7.13. The zero-order chi connectivity index (χ0) is 21.3. The summed E-state index contributed by atoms with van der Waals surface area (Å²) in [4.78, 5) is 27.9. The Labute approximate surface area is 181 Å². The molecule has 1 atom stereocenters. The lowest BCUT2D eigenvalue weighted by molar-refractivity contribution is 0.0777. The zero-order valence-corrected chi connectivity index (χ0v) is 18.8. The minimum Gasteiger partial charge on any atom is -0.337 e. The minimum atomic E-state index is 0.0407. The van der Waals surface area contributed by atoms with Gasteiger partial charge in [0, 0.05) is 25.3 Å². The number of rotatable bonds is 6. The van der Waals surface area contributed by atoms with E-state index in [2.05, 4.69) is 28.8 Å². The molecule has 0 radical (unpaired) electrons. The molecule has 7 nitrogen and oxygen atoms in total. The van der Waals surface area contributed by atoms with Crippen LogP contribution < -0.4 is 0 Å². The van der Waals surface area contributed by atoms with Gasteiger partial charge in [-0.15, -0.1) is 11.3 Å². The molecule has 30 heavy (non-hydrogen) atoms. The summed E-state index contributed by atoms with van der Waals surface area (Å²) in [5.74, 6) is 0.530. The first kappa shape index (κ1) is 20.7. The maximum Gasteiger partial charge on any atom is 0.257 e. The summed E-state index contributed by atoms with van der Waals surface area (Å²) in [6.45, 7) is 11.8.